The van der Waals surface area contributed by atoms with Gasteiger partial charge < -0.3 is 9.84 Å². The molecule has 1 aromatic heterocycles. The first-order valence-electron chi connectivity index (χ1n) is 4.99. The average molecular weight is 347 g/mol. The first kappa shape index (κ1) is 13.8. The molecule has 1 heterocycles. The van der Waals surface area contributed by atoms with Crippen molar-refractivity contribution in [3.8, 4) is 11.6 Å². The van der Waals surface area contributed by atoms with Crippen LogP contribution in [0.4, 0.5) is 4.39 Å². The Hall–Kier alpha value is -1.66. The molecule has 2 aromatic rings. The number of aromatic nitrogens is 1. The smallest absolute Gasteiger partial charge is 0.335 e. The summed E-state index contributed by atoms with van der Waals surface area (Å²) in [5.41, 5.74) is -0.0624. The summed E-state index contributed by atoms with van der Waals surface area (Å²) in [7, 11) is 0. The quantitative estimate of drug-likeness (QED) is 0.849. The van der Waals surface area contributed by atoms with Crippen molar-refractivity contribution in [3.05, 3.63) is 51.3 Å². The molecular weight excluding hydrogens is 340 g/mol. The highest BCUT2D eigenvalue weighted by atomic mass is 79.9. The van der Waals surface area contributed by atoms with Gasteiger partial charge in [-0.1, -0.05) is 11.6 Å². The Labute approximate surface area is 120 Å². The monoisotopic (exact) mass is 345 g/mol. The Morgan fingerprint density at radius 3 is 2.74 bits per heavy atom. The highest BCUT2D eigenvalue weighted by molar-refractivity contribution is 9.10. The molecule has 0 radical (unpaired) electrons. The number of halogens is 3. The summed E-state index contributed by atoms with van der Waals surface area (Å²) in [5.74, 6) is -1.49. The maximum Gasteiger partial charge on any atom is 0.335 e. The van der Waals surface area contributed by atoms with Gasteiger partial charge in [-0.25, -0.2) is 14.2 Å². The summed E-state index contributed by atoms with van der Waals surface area (Å²) in [6.07, 6.45) is 0. The molecule has 0 fully saturated rings. The second kappa shape index (κ2) is 5.54. The minimum atomic E-state index is -1.16. The van der Waals surface area contributed by atoms with E-state index in [4.69, 9.17) is 21.4 Å². The van der Waals surface area contributed by atoms with Crippen molar-refractivity contribution >= 4 is 33.5 Å². The third-order valence-electron chi connectivity index (χ3n) is 2.13. The summed E-state index contributed by atoms with van der Waals surface area (Å²) in [4.78, 5) is 14.7. The molecule has 0 saturated heterocycles. The summed E-state index contributed by atoms with van der Waals surface area (Å²) in [6, 6.07) is 6.52. The van der Waals surface area contributed by atoms with Gasteiger partial charge in [-0.15, -0.1) is 0 Å². The van der Waals surface area contributed by atoms with Gasteiger partial charge in [0.25, 0.3) is 0 Å². The van der Waals surface area contributed by atoms with Crippen LogP contribution < -0.4 is 4.74 Å². The summed E-state index contributed by atoms with van der Waals surface area (Å²) < 4.78 is 18.9. The molecule has 98 valence electrons. The average Bonchev–Trinajstić information content (AvgIpc) is 2.33. The number of pyridine rings is 1. The van der Waals surface area contributed by atoms with Gasteiger partial charge in [0.05, 0.1) is 10.0 Å². The molecule has 19 heavy (non-hydrogen) atoms. The Kier molecular flexibility index (Phi) is 4.01. The van der Waals surface area contributed by atoms with Crippen LogP contribution in [-0.2, 0) is 0 Å². The van der Waals surface area contributed by atoms with E-state index in [1.807, 2.05) is 0 Å². The number of ether oxygens (including phenoxy) is 1. The standard InChI is InChI=1S/C12H6BrClFNO3/c13-8-2-1-7(5-9(8)15)19-11-4-6(12(17)18)3-10(14)16-11/h1-5H,(H,17,18). The van der Waals surface area contributed by atoms with Gasteiger partial charge >= 0.3 is 5.97 Å². The molecule has 0 amide bonds. The Morgan fingerprint density at radius 1 is 1.37 bits per heavy atom. The largest absolute Gasteiger partial charge is 0.478 e. The van der Waals surface area contributed by atoms with Gasteiger partial charge in [0.1, 0.15) is 16.7 Å². The number of hydrogen-bond acceptors (Lipinski definition) is 3. The topological polar surface area (TPSA) is 59.4 Å². The van der Waals surface area contributed by atoms with Gasteiger partial charge in [-0.05, 0) is 34.1 Å². The van der Waals surface area contributed by atoms with Crippen molar-refractivity contribution < 1.29 is 19.0 Å². The van der Waals surface area contributed by atoms with Crippen molar-refractivity contribution in [1.82, 2.24) is 4.98 Å². The van der Waals surface area contributed by atoms with Crippen LogP contribution in [0.15, 0.2) is 34.8 Å². The molecule has 0 bridgehead atoms. The molecule has 4 nitrogen and oxygen atoms in total. The number of aromatic carboxylic acids is 1. The lowest BCUT2D eigenvalue weighted by Gasteiger charge is -2.06. The summed E-state index contributed by atoms with van der Waals surface area (Å²) >= 11 is 8.69. The summed E-state index contributed by atoms with van der Waals surface area (Å²) in [6.45, 7) is 0. The lowest BCUT2D eigenvalue weighted by molar-refractivity contribution is 0.0696. The second-order valence-electron chi connectivity index (χ2n) is 3.50. The van der Waals surface area contributed by atoms with E-state index in [1.165, 1.54) is 24.3 Å². The molecule has 0 atom stereocenters. The molecule has 0 saturated carbocycles. The van der Waals surface area contributed by atoms with E-state index in [9.17, 15) is 9.18 Å². The zero-order chi connectivity index (χ0) is 14.0. The minimum absolute atomic E-state index is 0.0208. The number of nitrogens with zero attached hydrogens (tertiary/aromatic N) is 1. The van der Waals surface area contributed by atoms with Crippen LogP contribution in [-0.4, -0.2) is 16.1 Å². The van der Waals surface area contributed by atoms with E-state index < -0.39 is 11.8 Å². The van der Waals surface area contributed by atoms with Crippen molar-refractivity contribution in [2.45, 2.75) is 0 Å². The number of hydrogen-bond donors (Lipinski definition) is 1. The maximum absolute atomic E-state index is 13.3. The van der Waals surface area contributed by atoms with Crippen LogP contribution in [0.2, 0.25) is 5.15 Å². The van der Waals surface area contributed by atoms with Crippen molar-refractivity contribution in [3.63, 3.8) is 0 Å². The van der Waals surface area contributed by atoms with Gasteiger partial charge in [0.2, 0.25) is 5.88 Å². The lowest BCUT2D eigenvalue weighted by Crippen LogP contribution is -1.98. The number of carboxylic acids is 1. The zero-order valence-corrected chi connectivity index (χ0v) is 11.6. The fourth-order valence-electron chi connectivity index (χ4n) is 1.31. The Morgan fingerprint density at radius 2 is 2.11 bits per heavy atom. The highest BCUT2D eigenvalue weighted by Crippen LogP contribution is 2.26. The van der Waals surface area contributed by atoms with Crippen molar-refractivity contribution in [2.24, 2.45) is 0 Å². The molecule has 0 spiro atoms. The van der Waals surface area contributed by atoms with Crippen molar-refractivity contribution in [1.29, 1.82) is 0 Å². The molecule has 0 unspecified atom stereocenters. The van der Waals surface area contributed by atoms with Gasteiger partial charge in [0.15, 0.2) is 0 Å². The van der Waals surface area contributed by atoms with E-state index in [-0.39, 0.29) is 22.3 Å². The second-order valence-corrected chi connectivity index (χ2v) is 4.74. The van der Waals surface area contributed by atoms with Crippen molar-refractivity contribution in [2.75, 3.05) is 0 Å². The van der Waals surface area contributed by atoms with E-state index >= 15 is 0 Å². The maximum atomic E-state index is 13.3. The third kappa shape index (κ3) is 3.42. The van der Waals surface area contributed by atoms with Crippen LogP contribution in [0.5, 0.6) is 11.6 Å². The molecule has 2 rings (SSSR count). The fourth-order valence-corrected chi connectivity index (χ4v) is 1.76. The first-order chi connectivity index (χ1) is 8.95. The number of benzene rings is 1. The third-order valence-corrected chi connectivity index (χ3v) is 2.97. The Balaban J connectivity index is 2.32. The van der Waals surface area contributed by atoms with E-state index in [0.29, 0.717) is 4.47 Å². The number of carbonyl (C=O) groups is 1. The van der Waals surface area contributed by atoms with Crippen LogP contribution >= 0.6 is 27.5 Å². The number of rotatable bonds is 3. The SMILES string of the molecule is O=C(O)c1cc(Cl)nc(Oc2ccc(Br)c(F)c2)c1. The van der Waals surface area contributed by atoms with Crippen LogP contribution in [0.3, 0.4) is 0 Å². The Bertz CT molecular complexity index is 651. The highest BCUT2D eigenvalue weighted by Gasteiger charge is 2.10. The van der Waals surface area contributed by atoms with E-state index in [1.54, 1.807) is 0 Å². The molecule has 7 heteroatoms. The summed E-state index contributed by atoms with van der Waals surface area (Å²) in [5, 5.41) is 8.85. The first-order valence-corrected chi connectivity index (χ1v) is 6.16. The van der Waals surface area contributed by atoms with Crippen LogP contribution in [0, 0.1) is 5.82 Å². The van der Waals surface area contributed by atoms with Crippen LogP contribution in [0.1, 0.15) is 10.4 Å². The minimum Gasteiger partial charge on any atom is -0.478 e. The molecule has 1 N–H and O–H groups in total. The molecule has 0 aliphatic rings. The number of carboxylic acid groups (broad SMARTS) is 1. The molecule has 0 aliphatic heterocycles. The van der Waals surface area contributed by atoms with Gasteiger partial charge in [0, 0.05) is 12.1 Å². The molecule has 0 aliphatic carbocycles. The van der Waals surface area contributed by atoms with Crippen LogP contribution in [0.25, 0.3) is 0 Å². The fraction of sp³-hybridized carbons (Fsp3) is 0. The lowest BCUT2D eigenvalue weighted by atomic mass is 10.3. The van der Waals surface area contributed by atoms with Gasteiger partial charge in [-0.2, -0.15) is 0 Å². The van der Waals surface area contributed by atoms with E-state index in [0.717, 1.165) is 6.07 Å². The molecule has 1 aromatic carbocycles. The molecular formula is C12H6BrClFNO3. The predicted octanol–water partition coefficient (Wildman–Crippen LogP) is 4.13. The zero-order valence-electron chi connectivity index (χ0n) is 9.23. The van der Waals surface area contributed by atoms with E-state index in [2.05, 4.69) is 20.9 Å². The normalized spacial score (nSPS) is 10.3. The van der Waals surface area contributed by atoms with Gasteiger partial charge in [-0.3, -0.25) is 0 Å². The predicted molar refractivity (Wildman–Crippen MR) is 70.4 cm³/mol.